The lowest BCUT2D eigenvalue weighted by molar-refractivity contribution is -0.485. The van der Waals surface area contributed by atoms with Gasteiger partial charge in [-0.2, -0.15) is 0 Å². The van der Waals surface area contributed by atoms with E-state index in [1.807, 2.05) is 7.05 Å². The molecule has 1 atom stereocenters. The summed E-state index contributed by atoms with van der Waals surface area (Å²) >= 11 is 0. The Balaban J connectivity index is 2.46. The molecule has 1 N–H and O–H groups in total. The van der Waals surface area contributed by atoms with E-state index in [0.717, 1.165) is 39.0 Å². The highest BCUT2D eigenvalue weighted by atomic mass is 16.7. The van der Waals surface area contributed by atoms with Gasteiger partial charge in [0.2, 0.25) is 0 Å². The van der Waals surface area contributed by atoms with Crippen molar-refractivity contribution in [2.45, 2.75) is 26.2 Å². The number of hydrogen-bond donors (Lipinski definition) is 1. The molecule has 0 aromatic carbocycles. The van der Waals surface area contributed by atoms with Gasteiger partial charge in [0.1, 0.15) is 5.10 Å². The Labute approximate surface area is 107 Å². The highest BCUT2D eigenvalue weighted by Crippen LogP contribution is 2.10. The number of hydrazone groups is 1. The van der Waals surface area contributed by atoms with Crippen LogP contribution in [-0.2, 0) is 4.74 Å². The Morgan fingerprint density at radius 3 is 3.00 bits per heavy atom. The summed E-state index contributed by atoms with van der Waals surface area (Å²) < 4.78 is 5.27. The zero-order valence-electron chi connectivity index (χ0n) is 11.1. The minimum Gasteiger partial charge on any atom is -0.381 e. The van der Waals surface area contributed by atoms with Crippen LogP contribution >= 0.6 is 0 Å². The molecule has 7 nitrogen and oxygen atoms in total. The molecule has 0 spiro atoms. The van der Waals surface area contributed by atoms with E-state index in [-0.39, 0.29) is 0 Å². The van der Waals surface area contributed by atoms with Crippen LogP contribution in [0.2, 0.25) is 0 Å². The molecule has 1 fully saturated rings. The molecule has 0 radical (unpaired) electrons. The molecule has 0 amide bonds. The highest BCUT2D eigenvalue weighted by Gasteiger charge is 2.18. The third kappa shape index (κ3) is 5.31. The Hall–Kier alpha value is -1.37. The van der Waals surface area contributed by atoms with E-state index >= 15 is 0 Å². The number of nitrogens with one attached hydrogen (secondary N) is 1. The maximum Gasteiger partial charge on any atom is 0.271 e. The van der Waals surface area contributed by atoms with Crippen LogP contribution in [0.25, 0.3) is 0 Å². The fourth-order valence-corrected chi connectivity index (χ4v) is 1.81. The first-order valence-corrected chi connectivity index (χ1v) is 6.39. The molecule has 0 bridgehead atoms. The molecule has 1 aliphatic rings. The zero-order chi connectivity index (χ0) is 13.4. The Morgan fingerprint density at radius 1 is 1.67 bits per heavy atom. The molecule has 1 rings (SSSR count). The van der Waals surface area contributed by atoms with E-state index < -0.39 is 5.03 Å². The summed E-state index contributed by atoms with van der Waals surface area (Å²) in [5.74, 6) is 0.752. The lowest BCUT2D eigenvalue weighted by Gasteiger charge is -2.20. The number of rotatable bonds is 6. The van der Waals surface area contributed by atoms with E-state index in [1.54, 1.807) is 4.90 Å². The van der Waals surface area contributed by atoms with Crippen molar-refractivity contribution in [3.63, 3.8) is 0 Å². The van der Waals surface area contributed by atoms with Crippen LogP contribution < -0.4 is 5.32 Å². The van der Waals surface area contributed by atoms with Crippen LogP contribution in [-0.4, -0.2) is 49.2 Å². The number of nitrogens with zero attached hydrogens (tertiary/aromatic N) is 3. The Morgan fingerprint density at radius 2 is 2.44 bits per heavy atom. The summed E-state index contributed by atoms with van der Waals surface area (Å²) in [5, 5.41) is 16.3. The van der Waals surface area contributed by atoms with Crippen LogP contribution in [0.5, 0.6) is 0 Å². The van der Waals surface area contributed by atoms with Gasteiger partial charge in [0, 0.05) is 32.7 Å². The molecule has 1 unspecified atom stereocenters. The van der Waals surface area contributed by atoms with Crippen LogP contribution in [0.1, 0.15) is 26.2 Å². The molecular weight excluding hydrogens is 236 g/mol. The minimum absolute atomic E-state index is 0.334. The number of nitro groups is 1. The molecule has 18 heavy (non-hydrogen) atoms. The summed E-state index contributed by atoms with van der Waals surface area (Å²) in [6.45, 7) is 5.01. The van der Waals surface area contributed by atoms with Crippen LogP contribution in [0.4, 0.5) is 0 Å². The second kappa shape index (κ2) is 7.86. The standard InChI is InChI=1S/C11H22N4O3/c1-3-4-6-14(2)11(13-15(16)17)12-8-10-5-7-18-9-10/h10H,3-9H2,1-2H3,(H,12,13). The molecule has 0 aromatic heterocycles. The molecule has 104 valence electrons. The van der Waals surface area contributed by atoms with E-state index in [1.165, 1.54) is 0 Å². The third-order valence-electron chi connectivity index (χ3n) is 2.96. The van der Waals surface area contributed by atoms with E-state index in [2.05, 4.69) is 17.3 Å². The first kappa shape index (κ1) is 14.7. The molecule has 0 aromatic rings. The van der Waals surface area contributed by atoms with Gasteiger partial charge in [-0.05, 0) is 12.8 Å². The van der Waals surface area contributed by atoms with Crippen molar-refractivity contribution in [2.24, 2.45) is 11.0 Å². The largest absolute Gasteiger partial charge is 0.381 e. The number of guanidine groups is 1. The summed E-state index contributed by atoms with van der Waals surface area (Å²) in [6.07, 6.45) is 3.03. The van der Waals surface area contributed by atoms with Gasteiger partial charge in [0.05, 0.1) is 6.61 Å². The SMILES string of the molecule is CCCCN(C)C(=N[N+](=O)[O-])NCC1CCOC1. The van der Waals surface area contributed by atoms with Gasteiger partial charge in [-0.15, -0.1) is 0 Å². The molecule has 1 heterocycles. The second-order valence-corrected chi connectivity index (χ2v) is 4.55. The first-order chi connectivity index (χ1) is 8.63. The van der Waals surface area contributed by atoms with E-state index in [0.29, 0.717) is 18.4 Å². The zero-order valence-corrected chi connectivity index (χ0v) is 11.1. The monoisotopic (exact) mass is 258 g/mol. The van der Waals surface area contributed by atoms with E-state index in [9.17, 15) is 10.1 Å². The van der Waals surface area contributed by atoms with Gasteiger partial charge in [0.25, 0.3) is 5.96 Å². The van der Waals surface area contributed by atoms with Gasteiger partial charge in [-0.25, -0.2) is 10.1 Å². The third-order valence-corrected chi connectivity index (χ3v) is 2.96. The molecule has 0 saturated carbocycles. The lowest BCUT2D eigenvalue weighted by Crippen LogP contribution is -2.42. The predicted octanol–water partition coefficient (Wildman–Crippen LogP) is 0.892. The lowest BCUT2D eigenvalue weighted by atomic mass is 10.1. The summed E-state index contributed by atoms with van der Waals surface area (Å²) in [4.78, 5) is 12.3. The van der Waals surface area contributed by atoms with Crippen molar-refractivity contribution in [3.8, 4) is 0 Å². The smallest absolute Gasteiger partial charge is 0.271 e. The Bertz CT molecular complexity index is 290. The average molecular weight is 258 g/mol. The first-order valence-electron chi connectivity index (χ1n) is 6.39. The maximum absolute atomic E-state index is 10.5. The van der Waals surface area contributed by atoms with Gasteiger partial charge in [-0.1, -0.05) is 13.3 Å². The quantitative estimate of drug-likeness (QED) is 0.331. The van der Waals surface area contributed by atoms with Crippen molar-refractivity contribution >= 4 is 5.96 Å². The Kier molecular flexibility index (Phi) is 6.42. The number of hydrogen-bond acceptors (Lipinski definition) is 3. The number of ether oxygens (including phenoxy) is 1. The summed E-state index contributed by atoms with van der Waals surface area (Å²) in [6, 6.07) is 0. The maximum atomic E-state index is 10.5. The van der Waals surface area contributed by atoms with Gasteiger partial charge < -0.3 is 15.0 Å². The van der Waals surface area contributed by atoms with Gasteiger partial charge in [0.15, 0.2) is 5.03 Å². The average Bonchev–Trinajstić information content (AvgIpc) is 2.84. The van der Waals surface area contributed by atoms with Crippen molar-refractivity contribution in [2.75, 3.05) is 33.4 Å². The molecule has 0 aliphatic carbocycles. The number of unbranched alkanes of at least 4 members (excludes halogenated alkanes) is 1. The van der Waals surface area contributed by atoms with Crippen molar-refractivity contribution < 1.29 is 9.77 Å². The fraction of sp³-hybridized carbons (Fsp3) is 0.909. The summed E-state index contributed by atoms with van der Waals surface area (Å²) in [7, 11) is 1.82. The summed E-state index contributed by atoms with van der Waals surface area (Å²) in [5.41, 5.74) is 0. The van der Waals surface area contributed by atoms with Crippen molar-refractivity contribution in [1.29, 1.82) is 0 Å². The van der Waals surface area contributed by atoms with Crippen molar-refractivity contribution in [3.05, 3.63) is 10.1 Å². The highest BCUT2D eigenvalue weighted by molar-refractivity contribution is 5.79. The van der Waals surface area contributed by atoms with E-state index in [4.69, 9.17) is 4.74 Å². The molecule has 1 saturated heterocycles. The fourth-order valence-electron chi connectivity index (χ4n) is 1.81. The van der Waals surface area contributed by atoms with Gasteiger partial charge >= 0.3 is 0 Å². The topological polar surface area (TPSA) is 80.0 Å². The van der Waals surface area contributed by atoms with Crippen molar-refractivity contribution in [1.82, 2.24) is 10.2 Å². The molecule has 7 heteroatoms. The normalized spacial score (nSPS) is 19.9. The molecular formula is C11H22N4O3. The van der Waals surface area contributed by atoms with Crippen LogP contribution in [0, 0.1) is 16.0 Å². The molecule has 1 aliphatic heterocycles. The van der Waals surface area contributed by atoms with Gasteiger partial charge in [-0.3, -0.25) is 0 Å². The second-order valence-electron chi connectivity index (χ2n) is 4.55. The minimum atomic E-state index is -0.657. The van der Waals surface area contributed by atoms with Crippen LogP contribution in [0.3, 0.4) is 0 Å². The predicted molar refractivity (Wildman–Crippen MR) is 68.9 cm³/mol. The van der Waals surface area contributed by atoms with Crippen LogP contribution in [0.15, 0.2) is 5.10 Å².